The molecule has 0 saturated carbocycles. The number of benzene rings is 1. The van der Waals surface area contributed by atoms with Crippen LogP contribution in [0.25, 0.3) is 10.9 Å². The summed E-state index contributed by atoms with van der Waals surface area (Å²) in [4.78, 5) is 16.2. The average Bonchev–Trinajstić information content (AvgIpc) is 2.26. The molecule has 0 aliphatic carbocycles. The van der Waals surface area contributed by atoms with Crippen LogP contribution in [-0.4, -0.2) is 20.8 Å². The molecule has 0 amide bonds. The maximum atomic E-state index is 11.1. The van der Waals surface area contributed by atoms with Crippen LogP contribution in [0.4, 0.5) is 0 Å². The number of carbonyl (C=O) groups is 1. The minimum atomic E-state index is -0.989. The first kappa shape index (κ1) is 12.9. The predicted octanol–water partition coefficient (Wildman–Crippen LogP) is 3.82. The number of para-hydroxylation sites is 1. The van der Waals surface area contributed by atoms with Crippen LogP contribution in [0.3, 0.4) is 0 Å². The zero-order chi connectivity index (χ0) is 13.3. The molecule has 1 N–H and O–H groups in total. The molecule has 0 spiro atoms. The minimum Gasteiger partial charge on any atom is -0.477 e. The molecule has 2 aromatic rings. The van der Waals surface area contributed by atoms with Gasteiger partial charge in [0.2, 0.25) is 0 Å². The van der Waals surface area contributed by atoms with E-state index in [1.165, 1.54) is 0 Å². The van der Waals surface area contributed by atoms with E-state index in [9.17, 15) is 4.79 Å². The van der Waals surface area contributed by atoms with Crippen LogP contribution in [0.1, 0.15) is 31.3 Å². The molecular weight excluding hydrogens is 246 g/mol. The first-order chi connectivity index (χ1) is 8.37. The van der Waals surface area contributed by atoms with Gasteiger partial charge < -0.3 is 5.11 Å². The van der Waals surface area contributed by atoms with E-state index in [1.54, 1.807) is 17.8 Å². The molecule has 0 aliphatic rings. The van der Waals surface area contributed by atoms with Crippen molar-refractivity contribution in [3.05, 3.63) is 36.0 Å². The van der Waals surface area contributed by atoms with Crippen LogP contribution in [0.2, 0.25) is 0 Å². The fourth-order valence-electron chi connectivity index (χ4n) is 1.67. The average molecular weight is 261 g/mol. The second-order valence-electron chi connectivity index (χ2n) is 5.04. The van der Waals surface area contributed by atoms with E-state index >= 15 is 0 Å². The Morgan fingerprint density at radius 2 is 1.94 bits per heavy atom. The zero-order valence-corrected chi connectivity index (χ0v) is 11.4. The number of thioether (sulfide) groups is 1. The van der Waals surface area contributed by atoms with E-state index in [1.807, 2.05) is 24.3 Å². The Morgan fingerprint density at radius 3 is 2.56 bits per heavy atom. The maximum absolute atomic E-state index is 11.1. The van der Waals surface area contributed by atoms with Crippen LogP contribution in [-0.2, 0) is 0 Å². The van der Waals surface area contributed by atoms with Crippen molar-refractivity contribution in [3.8, 4) is 0 Å². The van der Waals surface area contributed by atoms with Gasteiger partial charge in [0.15, 0.2) is 0 Å². The molecule has 0 aliphatic heterocycles. The topological polar surface area (TPSA) is 50.2 Å². The Kier molecular flexibility index (Phi) is 3.30. The lowest BCUT2D eigenvalue weighted by Gasteiger charge is -2.19. The highest BCUT2D eigenvalue weighted by Gasteiger charge is 2.17. The first-order valence-electron chi connectivity index (χ1n) is 5.69. The summed E-state index contributed by atoms with van der Waals surface area (Å²) < 4.78 is 0.0277. The zero-order valence-electron chi connectivity index (χ0n) is 10.6. The summed E-state index contributed by atoms with van der Waals surface area (Å²) in [5.74, 6) is -0.989. The number of fused-ring (bicyclic) bond motifs is 1. The van der Waals surface area contributed by atoms with E-state index in [0.29, 0.717) is 0 Å². The van der Waals surface area contributed by atoms with Gasteiger partial charge >= 0.3 is 5.97 Å². The van der Waals surface area contributed by atoms with E-state index in [4.69, 9.17) is 5.11 Å². The van der Waals surface area contributed by atoms with Gasteiger partial charge in [-0.25, -0.2) is 9.78 Å². The minimum absolute atomic E-state index is 0.0277. The third kappa shape index (κ3) is 2.82. The second kappa shape index (κ2) is 4.61. The number of aromatic carboxylic acids is 1. The highest BCUT2D eigenvalue weighted by molar-refractivity contribution is 8.00. The molecular formula is C14H15NO2S. The third-order valence-corrected chi connectivity index (χ3v) is 3.48. The second-order valence-corrected chi connectivity index (χ2v) is 6.91. The number of rotatable bonds is 2. The quantitative estimate of drug-likeness (QED) is 0.835. The molecule has 3 nitrogen and oxygen atoms in total. The van der Waals surface area contributed by atoms with E-state index in [-0.39, 0.29) is 10.4 Å². The van der Waals surface area contributed by atoms with Crippen LogP contribution >= 0.6 is 11.8 Å². The van der Waals surface area contributed by atoms with Gasteiger partial charge in [0.05, 0.1) is 5.52 Å². The monoisotopic (exact) mass is 261 g/mol. The predicted molar refractivity (Wildman–Crippen MR) is 74.3 cm³/mol. The number of hydrogen-bond donors (Lipinski definition) is 1. The van der Waals surface area contributed by atoms with Crippen LogP contribution in [0, 0.1) is 0 Å². The smallest absolute Gasteiger partial charge is 0.354 e. The molecule has 4 heteroatoms. The van der Waals surface area contributed by atoms with Gasteiger partial charge in [-0.3, -0.25) is 0 Å². The van der Waals surface area contributed by atoms with Gasteiger partial charge in [0.1, 0.15) is 5.69 Å². The van der Waals surface area contributed by atoms with Crippen molar-refractivity contribution < 1.29 is 9.90 Å². The summed E-state index contributed by atoms with van der Waals surface area (Å²) in [7, 11) is 0. The molecule has 1 heterocycles. The lowest BCUT2D eigenvalue weighted by atomic mass is 10.2. The molecule has 2 rings (SSSR count). The SMILES string of the molecule is CC(C)(C)Sc1cc(C(=O)O)nc2ccccc12. The number of nitrogens with zero attached hydrogens (tertiary/aromatic N) is 1. The molecule has 0 atom stereocenters. The summed E-state index contributed by atoms with van der Waals surface area (Å²) in [6.07, 6.45) is 0. The molecule has 0 saturated heterocycles. The summed E-state index contributed by atoms with van der Waals surface area (Å²) in [5, 5.41) is 10.1. The summed E-state index contributed by atoms with van der Waals surface area (Å²) >= 11 is 1.66. The van der Waals surface area contributed by atoms with Gasteiger partial charge in [-0.2, -0.15) is 0 Å². The molecule has 0 bridgehead atoms. The van der Waals surface area contributed by atoms with E-state index in [0.717, 1.165) is 15.8 Å². The van der Waals surface area contributed by atoms with Crippen molar-refractivity contribution in [1.29, 1.82) is 0 Å². The van der Waals surface area contributed by atoms with Gasteiger partial charge in [-0.1, -0.05) is 39.0 Å². The molecule has 0 unspecified atom stereocenters. The third-order valence-electron chi connectivity index (χ3n) is 2.31. The van der Waals surface area contributed by atoms with Crippen molar-refractivity contribution in [2.45, 2.75) is 30.4 Å². The molecule has 18 heavy (non-hydrogen) atoms. The van der Waals surface area contributed by atoms with Crippen molar-refractivity contribution in [3.63, 3.8) is 0 Å². The van der Waals surface area contributed by atoms with Crippen LogP contribution in [0.5, 0.6) is 0 Å². The number of aromatic nitrogens is 1. The van der Waals surface area contributed by atoms with E-state index in [2.05, 4.69) is 25.8 Å². The van der Waals surface area contributed by atoms with Gasteiger partial charge in [-0.05, 0) is 12.1 Å². The van der Waals surface area contributed by atoms with E-state index < -0.39 is 5.97 Å². The van der Waals surface area contributed by atoms with Gasteiger partial charge in [-0.15, -0.1) is 11.8 Å². The highest BCUT2D eigenvalue weighted by Crippen LogP contribution is 2.36. The van der Waals surface area contributed by atoms with Crippen molar-refractivity contribution in [1.82, 2.24) is 4.98 Å². The number of pyridine rings is 1. The van der Waals surface area contributed by atoms with Crippen molar-refractivity contribution >= 4 is 28.6 Å². The summed E-state index contributed by atoms with van der Waals surface area (Å²) in [6, 6.07) is 9.28. The van der Waals surface area contributed by atoms with Gasteiger partial charge in [0.25, 0.3) is 0 Å². The number of carboxylic acid groups (broad SMARTS) is 1. The largest absolute Gasteiger partial charge is 0.477 e. The Bertz CT molecular complexity index is 602. The lowest BCUT2D eigenvalue weighted by Crippen LogP contribution is -2.08. The fourth-order valence-corrected chi connectivity index (χ4v) is 2.78. The number of carboxylic acids is 1. The summed E-state index contributed by atoms with van der Waals surface area (Å²) in [5.41, 5.74) is 0.824. The molecule has 0 radical (unpaired) electrons. The highest BCUT2D eigenvalue weighted by atomic mass is 32.2. The maximum Gasteiger partial charge on any atom is 0.354 e. The Hall–Kier alpha value is -1.55. The van der Waals surface area contributed by atoms with Crippen LogP contribution < -0.4 is 0 Å². The molecule has 0 fully saturated rings. The standard InChI is InChI=1S/C14H15NO2S/c1-14(2,3)18-12-8-11(13(16)17)15-10-7-5-4-6-9(10)12/h4-8H,1-3H3,(H,16,17). The number of hydrogen-bond acceptors (Lipinski definition) is 3. The molecule has 1 aromatic carbocycles. The Morgan fingerprint density at radius 1 is 1.28 bits per heavy atom. The Balaban J connectivity index is 2.64. The molecule has 1 aromatic heterocycles. The van der Waals surface area contributed by atoms with Gasteiger partial charge in [0, 0.05) is 15.0 Å². The first-order valence-corrected chi connectivity index (χ1v) is 6.50. The van der Waals surface area contributed by atoms with Crippen molar-refractivity contribution in [2.75, 3.05) is 0 Å². The van der Waals surface area contributed by atoms with Crippen LogP contribution in [0.15, 0.2) is 35.2 Å². The molecule has 94 valence electrons. The Labute approximate surface area is 110 Å². The lowest BCUT2D eigenvalue weighted by molar-refractivity contribution is 0.0690. The van der Waals surface area contributed by atoms with Crippen molar-refractivity contribution in [2.24, 2.45) is 0 Å². The summed E-state index contributed by atoms with van der Waals surface area (Å²) in [6.45, 7) is 6.31. The fraction of sp³-hybridized carbons (Fsp3) is 0.286. The normalized spacial score (nSPS) is 11.7.